The molecule has 0 fully saturated rings. The van der Waals surface area contributed by atoms with E-state index in [2.05, 4.69) is 45.1 Å². The summed E-state index contributed by atoms with van der Waals surface area (Å²) in [5.74, 6) is 0.643. The maximum atomic E-state index is 11.8. The highest BCUT2D eigenvalue weighted by atomic mass is 79.9. The van der Waals surface area contributed by atoms with Gasteiger partial charge in [0.15, 0.2) is 5.69 Å². The third kappa shape index (κ3) is 6.32. The van der Waals surface area contributed by atoms with E-state index in [9.17, 15) is 4.79 Å². The summed E-state index contributed by atoms with van der Waals surface area (Å²) < 4.78 is 5.71. The van der Waals surface area contributed by atoms with E-state index < -0.39 is 5.97 Å². The maximum absolute atomic E-state index is 11.8. The van der Waals surface area contributed by atoms with Gasteiger partial charge in [0.25, 0.3) is 0 Å². The minimum Gasteiger partial charge on any atom is -0.461 e. The molecule has 1 aromatic heterocycles. The van der Waals surface area contributed by atoms with Gasteiger partial charge in [-0.25, -0.2) is 14.8 Å². The van der Waals surface area contributed by atoms with Crippen LogP contribution in [0.15, 0.2) is 10.7 Å². The van der Waals surface area contributed by atoms with Gasteiger partial charge in [-0.15, -0.1) is 0 Å². The Morgan fingerprint density at radius 1 is 1.45 bits per heavy atom. The van der Waals surface area contributed by atoms with Crippen LogP contribution in [0, 0.1) is 5.92 Å². The van der Waals surface area contributed by atoms with E-state index in [1.807, 2.05) is 6.92 Å². The molecule has 0 aliphatic heterocycles. The molecule has 1 heterocycles. The molecule has 5 nitrogen and oxygen atoms in total. The van der Waals surface area contributed by atoms with Gasteiger partial charge in [0.1, 0.15) is 4.60 Å². The van der Waals surface area contributed by atoms with Crippen LogP contribution >= 0.6 is 15.9 Å². The first-order chi connectivity index (χ1) is 9.52. The number of esters is 1. The van der Waals surface area contributed by atoms with E-state index in [4.69, 9.17) is 4.74 Å². The molecular formula is C14H22BrN3O2. The molecule has 20 heavy (non-hydrogen) atoms. The van der Waals surface area contributed by atoms with Gasteiger partial charge in [-0.3, -0.25) is 0 Å². The molecule has 6 heteroatoms. The molecule has 0 aliphatic rings. The molecule has 0 saturated heterocycles. The lowest BCUT2D eigenvalue weighted by molar-refractivity contribution is 0.0492. The number of aromatic nitrogens is 2. The molecule has 0 saturated carbocycles. The Hall–Kier alpha value is -1.17. The molecule has 0 amide bonds. The van der Waals surface area contributed by atoms with Gasteiger partial charge in [-0.05, 0) is 34.7 Å². The molecule has 112 valence electrons. The largest absolute Gasteiger partial charge is 0.461 e. The Morgan fingerprint density at radius 3 is 2.85 bits per heavy atom. The van der Waals surface area contributed by atoms with Crippen molar-refractivity contribution in [1.82, 2.24) is 9.97 Å². The zero-order valence-electron chi connectivity index (χ0n) is 12.3. The van der Waals surface area contributed by atoms with Crippen LogP contribution in [0.25, 0.3) is 0 Å². The molecular weight excluding hydrogens is 322 g/mol. The molecule has 0 aliphatic carbocycles. The van der Waals surface area contributed by atoms with E-state index >= 15 is 0 Å². The summed E-state index contributed by atoms with van der Waals surface area (Å²) in [6.07, 6.45) is 2.87. The smallest absolute Gasteiger partial charge is 0.357 e. The number of rotatable bonds is 8. The average molecular weight is 344 g/mol. The lowest BCUT2D eigenvalue weighted by atomic mass is 10.1. The van der Waals surface area contributed by atoms with Crippen LogP contribution in [-0.4, -0.2) is 29.1 Å². The SMILES string of the molecule is CCCCOC(=O)c1cc(Br)nc(NCCC(C)C)n1. The first-order valence-corrected chi connectivity index (χ1v) is 7.77. The number of carbonyl (C=O) groups is 1. The van der Waals surface area contributed by atoms with E-state index in [0.717, 1.165) is 25.8 Å². The zero-order valence-corrected chi connectivity index (χ0v) is 13.9. The second-order valence-corrected chi connectivity index (χ2v) is 5.81. The second-order valence-electron chi connectivity index (χ2n) is 5.00. The monoisotopic (exact) mass is 343 g/mol. The van der Waals surface area contributed by atoms with Crippen molar-refractivity contribution in [3.63, 3.8) is 0 Å². The number of hydrogen-bond donors (Lipinski definition) is 1. The number of ether oxygens (including phenoxy) is 1. The van der Waals surface area contributed by atoms with Crippen molar-refractivity contribution >= 4 is 27.8 Å². The molecule has 0 unspecified atom stereocenters. The fraction of sp³-hybridized carbons (Fsp3) is 0.643. The van der Waals surface area contributed by atoms with E-state index in [1.165, 1.54) is 0 Å². The number of carbonyl (C=O) groups excluding carboxylic acids is 1. The van der Waals surface area contributed by atoms with Crippen molar-refractivity contribution in [3.8, 4) is 0 Å². The zero-order chi connectivity index (χ0) is 15.0. The number of halogens is 1. The first kappa shape index (κ1) is 16.9. The minimum atomic E-state index is -0.409. The predicted molar refractivity (Wildman–Crippen MR) is 82.9 cm³/mol. The Bertz CT molecular complexity index is 438. The highest BCUT2D eigenvalue weighted by Gasteiger charge is 2.12. The van der Waals surface area contributed by atoms with Gasteiger partial charge in [0.2, 0.25) is 5.95 Å². The Morgan fingerprint density at radius 2 is 2.20 bits per heavy atom. The fourth-order valence-electron chi connectivity index (χ4n) is 1.46. The molecule has 0 bridgehead atoms. The Labute approximate surface area is 128 Å². The van der Waals surface area contributed by atoms with E-state index in [-0.39, 0.29) is 5.69 Å². The van der Waals surface area contributed by atoms with Crippen molar-refractivity contribution in [3.05, 3.63) is 16.4 Å². The van der Waals surface area contributed by atoms with Crippen molar-refractivity contribution in [2.75, 3.05) is 18.5 Å². The first-order valence-electron chi connectivity index (χ1n) is 6.98. The summed E-state index contributed by atoms with van der Waals surface area (Å²) in [7, 11) is 0. The summed E-state index contributed by atoms with van der Waals surface area (Å²) in [4.78, 5) is 20.2. The highest BCUT2D eigenvalue weighted by molar-refractivity contribution is 9.10. The maximum Gasteiger partial charge on any atom is 0.357 e. The standard InChI is InChI=1S/C14H22BrN3O2/c1-4-5-8-20-13(19)11-9-12(15)18-14(17-11)16-7-6-10(2)3/h9-10H,4-8H2,1-3H3,(H,16,17,18). The van der Waals surface area contributed by atoms with Gasteiger partial charge in [-0.2, -0.15) is 0 Å². The Kier molecular flexibility index (Phi) is 7.51. The normalized spacial score (nSPS) is 10.7. The topological polar surface area (TPSA) is 64.1 Å². The molecule has 0 spiro atoms. The van der Waals surface area contributed by atoms with E-state index in [1.54, 1.807) is 6.07 Å². The molecule has 1 aromatic rings. The van der Waals surface area contributed by atoms with Gasteiger partial charge in [0.05, 0.1) is 6.61 Å². The highest BCUT2D eigenvalue weighted by Crippen LogP contribution is 2.13. The quantitative estimate of drug-likeness (QED) is 0.443. The lowest BCUT2D eigenvalue weighted by Gasteiger charge is -2.09. The van der Waals surface area contributed by atoms with E-state index in [0.29, 0.717) is 23.1 Å². The van der Waals surface area contributed by atoms with Crippen molar-refractivity contribution in [2.45, 2.75) is 40.0 Å². The summed E-state index contributed by atoms with van der Waals surface area (Å²) in [6.45, 7) is 7.55. The van der Waals surface area contributed by atoms with Crippen molar-refractivity contribution in [2.24, 2.45) is 5.92 Å². The molecule has 0 radical (unpaired) electrons. The van der Waals surface area contributed by atoms with Crippen LogP contribution in [0.4, 0.5) is 5.95 Å². The van der Waals surface area contributed by atoms with Crippen molar-refractivity contribution < 1.29 is 9.53 Å². The van der Waals surface area contributed by atoms with Gasteiger partial charge in [0, 0.05) is 12.6 Å². The summed E-state index contributed by atoms with van der Waals surface area (Å²) in [6, 6.07) is 1.57. The van der Waals surface area contributed by atoms with Crippen molar-refractivity contribution in [1.29, 1.82) is 0 Å². The van der Waals surface area contributed by atoms with Crippen LogP contribution in [0.3, 0.4) is 0 Å². The van der Waals surface area contributed by atoms with Crippen LogP contribution < -0.4 is 5.32 Å². The molecule has 0 aromatic carbocycles. The van der Waals surface area contributed by atoms with Crippen LogP contribution in [0.5, 0.6) is 0 Å². The predicted octanol–water partition coefficient (Wildman–Crippen LogP) is 3.65. The fourth-order valence-corrected chi connectivity index (χ4v) is 1.84. The average Bonchev–Trinajstić information content (AvgIpc) is 2.37. The van der Waals surface area contributed by atoms with Gasteiger partial charge < -0.3 is 10.1 Å². The second kappa shape index (κ2) is 8.89. The molecule has 0 atom stereocenters. The number of nitrogens with zero attached hydrogens (tertiary/aromatic N) is 2. The lowest BCUT2D eigenvalue weighted by Crippen LogP contribution is -2.13. The number of hydrogen-bond acceptors (Lipinski definition) is 5. The third-order valence-corrected chi connectivity index (χ3v) is 3.05. The van der Waals surface area contributed by atoms with Gasteiger partial charge in [-0.1, -0.05) is 27.2 Å². The van der Waals surface area contributed by atoms with Gasteiger partial charge >= 0.3 is 5.97 Å². The number of nitrogens with one attached hydrogen (secondary N) is 1. The summed E-state index contributed by atoms with van der Waals surface area (Å²) >= 11 is 3.29. The molecule has 1 N–H and O–H groups in total. The minimum absolute atomic E-state index is 0.273. The number of unbranched alkanes of at least 4 members (excludes halogenated alkanes) is 1. The third-order valence-electron chi connectivity index (χ3n) is 2.64. The van der Waals surface area contributed by atoms with Crippen LogP contribution in [0.2, 0.25) is 0 Å². The summed E-state index contributed by atoms with van der Waals surface area (Å²) in [5.41, 5.74) is 0.273. The summed E-state index contributed by atoms with van der Waals surface area (Å²) in [5, 5.41) is 3.12. The van der Waals surface area contributed by atoms with Crippen LogP contribution in [0.1, 0.15) is 50.5 Å². The van der Waals surface area contributed by atoms with Crippen LogP contribution in [-0.2, 0) is 4.74 Å². The molecule has 1 rings (SSSR count). The Balaban J connectivity index is 2.63. The number of anilines is 1.